The third kappa shape index (κ3) is 11.2. The van der Waals surface area contributed by atoms with E-state index in [4.69, 9.17) is 14.6 Å². The topological polar surface area (TPSA) is 79.8 Å². The number of nitrogens with one attached hydrogen (secondary N) is 2. The minimum absolute atomic E-state index is 0.186. The van der Waals surface area contributed by atoms with E-state index < -0.39 is 0 Å². The van der Waals surface area contributed by atoms with Gasteiger partial charge >= 0.3 is 6.03 Å². The van der Waals surface area contributed by atoms with E-state index in [9.17, 15) is 4.79 Å². The van der Waals surface area contributed by atoms with Crippen LogP contribution in [-0.2, 0) is 9.47 Å². The highest BCUT2D eigenvalue weighted by atomic mass is 16.5. The van der Waals surface area contributed by atoms with Gasteiger partial charge in [0.2, 0.25) is 0 Å². The number of urea groups is 1. The number of amides is 2. The molecule has 0 heterocycles. The van der Waals surface area contributed by atoms with Crippen LogP contribution < -0.4 is 10.6 Å². The summed E-state index contributed by atoms with van der Waals surface area (Å²) in [6.45, 7) is 1.99. The van der Waals surface area contributed by atoms with Crippen molar-refractivity contribution >= 4 is 6.03 Å². The molecule has 0 fully saturated rings. The summed E-state index contributed by atoms with van der Waals surface area (Å²) in [4.78, 5) is 11.1. The number of carbonyl (C=O) groups is 1. The molecule has 0 aliphatic rings. The lowest BCUT2D eigenvalue weighted by Gasteiger charge is -2.07. The third-order valence-corrected chi connectivity index (χ3v) is 1.89. The van der Waals surface area contributed by atoms with Crippen molar-refractivity contribution in [3.8, 4) is 0 Å². The quantitative estimate of drug-likeness (QED) is 0.369. The molecule has 96 valence electrons. The molecule has 6 heteroatoms. The van der Waals surface area contributed by atoms with Crippen LogP contribution in [0.4, 0.5) is 4.79 Å². The van der Waals surface area contributed by atoms with Crippen LogP contribution in [0.15, 0.2) is 0 Å². The first kappa shape index (κ1) is 15.2. The molecule has 6 nitrogen and oxygen atoms in total. The van der Waals surface area contributed by atoms with Crippen molar-refractivity contribution in [2.24, 2.45) is 0 Å². The Morgan fingerprint density at radius 1 is 1.19 bits per heavy atom. The van der Waals surface area contributed by atoms with Crippen LogP contribution in [0.25, 0.3) is 0 Å². The maximum atomic E-state index is 11.1. The molecule has 0 radical (unpaired) electrons. The van der Waals surface area contributed by atoms with Gasteiger partial charge in [0.25, 0.3) is 0 Å². The largest absolute Gasteiger partial charge is 0.396 e. The van der Waals surface area contributed by atoms with Gasteiger partial charge in [0.15, 0.2) is 0 Å². The van der Waals surface area contributed by atoms with E-state index in [-0.39, 0.29) is 19.4 Å². The number of ether oxygens (including phenoxy) is 2. The second-order valence-corrected chi connectivity index (χ2v) is 3.26. The van der Waals surface area contributed by atoms with Gasteiger partial charge in [-0.15, -0.1) is 0 Å². The van der Waals surface area contributed by atoms with Crippen molar-refractivity contribution in [3.63, 3.8) is 0 Å². The van der Waals surface area contributed by atoms with Crippen molar-refractivity contribution in [1.82, 2.24) is 10.6 Å². The van der Waals surface area contributed by atoms with Gasteiger partial charge < -0.3 is 25.2 Å². The summed E-state index contributed by atoms with van der Waals surface area (Å²) in [6, 6.07) is -0.235. The van der Waals surface area contributed by atoms with Crippen LogP contribution in [0.1, 0.15) is 19.3 Å². The van der Waals surface area contributed by atoms with Gasteiger partial charge in [0.1, 0.15) is 6.73 Å². The predicted octanol–water partition coefficient (Wildman–Crippen LogP) is 0.0687. The average Bonchev–Trinajstić information content (AvgIpc) is 2.28. The first-order valence-corrected chi connectivity index (χ1v) is 5.50. The van der Waals surface area contributed by atoms with E-state index in [0.717, 1.165) is 19.3 Å². The van der Waals surface area contributed by atoms with Gasteiger partial charge in [-0.2, -0.15) is 0 Å². The second kappa shape index (κ2) is 12.2. The molecule has 2 amide bonds. The van der Waals surface area contributed by atoms with Crippen LogP contribution in [0, 0.1) is 0 Å². The minimum atomic E-state index is -0.235. The molecule has 3 N–H and O–H groups in total. The van der Waals surface area contributed by atoms with Gasteiger partial charge in [-0.25, -0.2) is 4.79 Å². The molecule has 0 saturated carbocycles. The zero-order valence-electron chi connectivity index (χ0n) is 9.83. The summed E-state index contributed by atoms with van der Waals surface area (Å²) >= 11 is 0. The molecule has 0 aromatic rings. The molecular formula is C10H22N2O4. The summed E-state index contributed by atoms with van der Waals surface area (Å²) in [5, 5.41) is 13.8. The number of methoxy groups -OCH3 is 1. The summed E-state index contributed by atoms with van der Waals surface area (Å²) in [5.74, 6) is 0. The molecule has 0 aromatic heterocycles. The SMILES string of the molecule is COCCOCNC(=O)NCCCCCO. The molecule has 0 unspecified atom stereocenters. The lowest BCUT2D eigenvalue weighted by molar-refractivity contribution is 0.0642. The normalized spacial score (nSPS) is 10.1. The number of unbranched alkanes of at least 4 members (excludes halogenated alkanes) is 2. The predicted molar refractivity (Wildman–Crippen MR) is 60.2 cm³/mol. The van der Waals surface area contributed by atoms with Gasteiger partial charge in [-0.1, -0.05) is 0 Å². The number of aliphatic hydroxyl groups excluding tert-OH is 1. The number of rotatable bonds is 10. The van der Waals surface area contributed by atoms with E-state index in [1.165, 1.54) is 0 Å². The molecule has 0 aromatic carbocycles. The molecule has 0 rings (SSSR count). The van der Waals surface area contributed by atoms with Crippen molar-refractivity contribution in [1.29, 1.82) is 0 Å². The lowest BCUT2D eigenvalue weighted by atomic mass is 10.2. The highest BCUT2D eigenvalue weighted by Gasteiger charge is 1.97. The van der Waals surface area contributed by atoms with Crippen molar-refractivity contribution < 1.29 is 19.4 Å². The monoisotopic (exact) mass is 234 g/mol. The maximum Gasteiger partial charge on any atom is 0.316 e. The summed E-state index contributed by atoms with van der Waals surface area (Å²) in [7, 11) is 1.59. The highest BCUT2D eigenvalue weighted by Crippen LogP contribution is 1.91. The number of hydrogen-bond donors (Lipinski definition) is 3. The van der Waals surface area contributed by atoms with Crippen LogP contribution >= 0.6 is 0 Å². The molecule has 0 aliphatic heterocycles. The van der Waals surface area contributed by atoms with E-state index >= 15 is 0 Å². The standard InChI is InChI=1S/C10H22N2O4/c1-15-7-8-16-9-12-10(14)11-5-3-2-4-6-13/h13H,2-9H2,1H3,(H2,11,12,14). The molecule has 0 spiro atoms. The fraction of sp³-hybridized carbons (Fsp3) is 0.900. The van der Waals surface area contributed by atoms with Gasteiger partial charge in [-0.05, 0) is 19.3 Å². The molecule has 16 heavy (non-hydrogen) atoms. The van der Waals surface area contributed by atoms with Gasteiger partial charge in [-0.3, -0.25) is 0 Å². The molecule has 0 atom stereocenters. The zero-order chi connectivity index (χ0) is 12.1. The Balaban J connectivity index is 3.12. The van der Waals surface area contributed by atoms with Crippen molar-refractivity contribution in [3.05, 3.63) is 0 Å². The maximum absolute atomic E-state index is 11.1. The third-order valence-electron chi connectivity index (χ3n) is 1.89. The van der Waals surface area contributed by atoms with Crippen molar-refractivity contribution in [2.75, 3.05) is 40.2 Å². The smallest absolute Gasteiger partial charge is 0.316 e. The van der Waals surface area contributed by atoms with Crippen molar-refractivity contribution in [2.45, 2.75) is 19.3 Å². The Labute approximate surface area is 96.3 Å². The highest BCUT2D eigenvalue weighted by molar-refractivity contribution is 5.73. The average molecular weight is 234 g/mol. The molecule has 0 bridgehead atoms. The van der Waals surface area contributed by atoms with Crippen LogP contribution in [-0.4, -0.2) is 51.3 Å². The Hall–Kier alpha value is -0.850. The summed E-state index contributed by atoms with van der Waals surface area (Å²) in [6.07, 6.45) is 2.57. The Kier molecular flexibility index (Phi) is 11.6. The van der Waals surface area contributed by atoms with Crippen LogP contribution in [0.5, 0.6) is 0 Å². The molecule has 0 aliphatic carbocycles. The number of hydrogen-bond acceptors (Lipinski definition) is 4. The van der Waals surface area contributed by atoms with E-state index in [1.54, 1.807) is 7.11 Å². The van der Waals surface area contributed by atoms with Gasteiger partial charge in [0.05, 0.1) is 13.2 Å². The van der Waals surface area contributed by atoms with E-state index in [2.05, 4.69) is 10.6 Å². The fourth-order valence-electron chi connectivity index (χ4n) is 1.01. The Morgan fingerprint density at radius 3 is 2.69 bits per heavy atom. The molecular weight excluding hydrogens is 212 g/mol. The summed E-state index contributed by atoms with van der Waals surface area (Å²) < 4.78 is 9.84. The van der Waals surface area contributed by atoms with Crippen LogP contribution in [0.3, 0.4) is 0 Å². The zero-order valence-corrected chi connectivity index (χ0v) is 9.83. The van der Waals surface area contributed by atoms with Crippen LogP contribution in [0.2, 0.25) is 0 Å². The number of aliphatic hydroxyl groups is 1. The first-order valence-electron chi connectivity index (χ1n) is 5.50. The number of carbonyl (C=O) groups excluding carboxylic acids is 1. The Morgan fingerprint density at radius 2 is 2.00 bits per heavy atom. The lowest BCUT2D eigenvalue weighted by Crippen LogP contribution is -2.37. The summed E-state index contributed by atoms with van der Waals surface area (Å²) in [5.41, 5.74) is 0. The minimum Gasteiger partial charge on any atom is -0.396 e. The Bertz CT molecular complexity index is 151. The fourth-order valence-corrected chi connectivity index (χ4v) is 1.01. The van der Waals surface area contributed by atoms with Gasteiger partial charge in [0, 0.05) is 20.3 Å². The van der Waals surface area contributed by atoms with E-state index in [1.807, 2.05) is 0 Å². The first-order chi connectivity index (χ1) is 7.81. The second-order valence-electron chi connectivity index (χ2n) is 3.26. The van der Waals surface area contributed by atoms with E-state index in [0.29, 0.717) is 19.8 Å². The molecule has 0 saturated heterocycles.